The molecule has 0 aliphatic heterocycles. The molecule has 0 aromatic heterocycles. The molecular weight excluding hydrogens is 252 g/mol. The first-order valence-electron chi connectivity index (χ1n) is 6.33. The van der Waals surface area contributed by atoms with Crippen LogP contribution < -0.4 is 0 Å². The third kappa shape index (κ3) is 3.72. The van der Waals surface area contributed by atoms with Gasteiger partial charge in [0, 0.05) is 6.42 Å². The van der Waals surface area contributed by atoms with E-state index in [1.807, 2.05) is 6.08 Å². The summed E-state index contributed by atoms with van der Waals surface area (Å²) >= 11 is 0. The Balaban J connectivity index is 2.25. The van der Waals surface area contributed by atoms with Crippen LogP contribution in [0, 0.1) is 0 Å². The summed E-state index contributed by atoms with van der Waals surface area (Å²) in [5, 5.41) is 18.5. The summed E-state index contributed by atoms with van der Waals surface area (Å²) in [5.74, 6) is 0.414. The van der Waals surface area contributed by atoms with Crippen LogP contribution in [0.2, 0.25) is 0 Å². The molecule has 3 heteroatoms. The summed E-state index contributed by atoms with van der Waals surface area (Å²) in [7, 11) is 0. The zero-order valence-electron chi connectivity index (χ0n) is 11.2. The van der Waals surface area contributed by atoms with Crippen LogP contribution in [0.4, 0.5) is 0 Å². The van der Waals surface area contributed by atoms with Gasteiger partial charge in [0.15, 0.2) is 5.78 Å². The van der Waals surface area contributed by atoms with E-state index in [1.54, 1.807) is 48.5 Å². The Hall–Kier alpha value is -2.55. The standard InChI is InChI=1S/C17H16O3/c1-12(18)15(10-13-2-6-16(19)7-3-13)11-14-4-8-17(20)9-5-14/h2-10,19-20H,11H2,1H3. The molecule has 0 amide bonds. The van der Waals surface area contributed by atoms with Gasteiger partial charge in [0.05, 0.1) is 0 Å². The van der Waals surface area contributed by atoms with Crippen molar-refractivity contribution in [2.75, 3.05) is 0 Å². The van der Waals surface area contributed by atoms with E-state index in [1.165, 1.54) is 6.92 Å². The van der Waals surface area contributed by atoms with Crippen LogP contribution in [-0.4, -0.2) is 16.0 Å². The SMILES string of the molecule is CC(=O)C(=Cc1ccc(O)cc1)Cc1ccc(O)cc1. The molecule has 0 fully saturated rings. The fourth-order valence-electron chi connectivity index (χ4n) is 1.88. The number of Topliss-reactive ketones (excluding diaryl/α,β-unsaturated/α-hetero) is 1. The lowest BCUT2D eigenvalue weighted by Gasteiger charge is -2.05. The molecule has 0 aliphatic rings. The lowest BCUT2D eigenvalue weighted by atomic mass is 9.99. The second-order valence-electron chi connectivity index (χ2n) is 4.66. The molecule has 0 unspecified atom stereocenters. The van der Waals surface area contributed by atoms with E-state index in [0.717, 1.165) is 11.1 Å². The number of carbonyl (C=O) groups excluding carboxylic acids is 1. The van der Waals surface area contributed by atoms with Gasteiger partial charge in [0.1, 0.15) is 11.5 Å². The molecule has 2 rings (SSSR count). The maximum atomic E-state index is 11.7. The number of aromatic hydroxyl groups is 2. The number of hydrogen-bond donors (Lipinski definition) is 2. The van der Waals surface area contributed by atoms with Crippen molar-refractivity contribution in [3.05, 3.63) is 65.2 Å². The molecule has 102 valence electrons. The Morgan fingerprint density at radius 1 is 0.950 bits per heavy atom. The number of benzene rings is 2. The summed E-state index contributed by atoms with van der Waals surface area (Å²) < 4.78 is 0. The molecule has 2 N–H and O–H groups in total. The largest absolute Gasteiger partial charge is 0.508 e. The minimum atomic E-state index is 0.00569. The van der Waals surface area contributed by atoms with E-state index in [-0.39, 0.29) is 17.3 Å². The minimum Gasteiger partial charge on any atom is -0.508 e. The van der Waals surface area contributed by atoms with Crippen LogP contribution in [-0.2, 0) is 11.2 Å². The van der Waals surface area contributed by atoms with E-state index in [2.05, 4.69) is 0 Å². The maximum Gasteiger partial charge on any atom is 0.156 e. The number of rotatable bonds is 4. The summed E-state index contributed by atoms with van der Waals surface area (Å²) in [6.45, 7) is 1.53. The molecule has 0 saturated heterocycles. The maximum absolute atomic E-state index is 11.7. The normalized spacial score (nSPS) is 11.3. The van der Waals surface area contributed by atoms with Crippen molar-refractivity contribution in [3.63, 3.8) is 0 Å². The van der Waals surface area contributed by atoms with Crippen LogP contribution in [0.25, 0.3) is 6.08 Å². The van der Waals surface area contributed by atoms with Gasteiger partial charge in [-0.1, -0.05) is 24.3 Å². The molecule has 2 aromatic rings. The minimum absolute atomic E-state index is 0.00569. The highest BCUT2D eigenvalue weighted by Gasteiger charge is 2.06. The fraction of sp³-hybridized carbons (Fsp3) is 0.118. The molecular formula is C17H16O3. The molecule has 0 bridgehead atoms. The Labute approximate surface area is 117 Å². The van der Waals surface area contributed by atoms with Crippen LogP contribution in [0.5, 0.6) is 11.5 Å². The fourth-order valence-corrected chi connectivity index (χ4v) is 1.88. The van der Waals surface area contributed by atoms with Crippen molar-refractivity contribution in [1.82, 2.24) is 0 Å². The smallest absolute Gasteiger partial charge is 0.156 e. The summed E-state index contributed by atoms with van der Waals surface area (Å²) in [6.07, 6.45) is 2.32. The van der Waals surface area contributed by atoms with Gasteiger partial charge in [-0.2, -0.15) is 0 Å². The zero-order chi connectivity index (χ0) is 14.5. The predicted octanol–water partition coefficient (Wildman–Crippen LogP) is 3.31. The van der Waals surface area contributed by atoms with E-state index in [0.29, 0.717) is 12.0 Å². The van der Waals surface area contributed by atoms with Gasteiger partial charge in [0.2, 0.25) is 0 Å². The zero-order valence-corrected chi connectivity index (χ0v) is 11.2. The van der Waals surface area contributed by atoms with Crippen molar-refractivity contribution in [1.29, 1.82) is 0 Å². The monoisotopic (exact) mass is 268 g/mol. The van der Waals surface area contributed by atoms with Crippen molar-refractivity contribution < 1.29 is 15.0 Å². The molecule has 2 aromatic carbocycles. The van der Waals surface area contributed by atoms with Gasteiger partial charge in [-0.05, 0) is 54.0 Å². The number of ketones is 1. The molecule has 0 aliphatic carbocycles. The van der Waals surface area contributed by atoms with E-state index < -0.39 is 0 Å². The van der Waals surface area contributed by atoms with Gasteiger partial charge >= 0.3 is 0 Å². The van der Waals surface area contributed by atoms with Crippen molar-refractivity contribution >= 4 is 11.9 Å². The van der Waals surface area contributed by atoms with Gasteiger partial charge in [0.25, 0.3) is 0 Å². The molecule has 3 nitrogen and oxygen atoms in total. The highest BCUT2D eigenvalue weighted by molar-refractivity contribution is 5.98. The van der Waals surface area contributed by atoms with Crippen molar-refractivity contribution in [2.24, 2.45) is 0 Å². The number of hydrogen-bond acceptors (Lipinski definition) is 3. The Kier molecular flexibility index (Phi) is 4.20. The lowest BCUT2D eigenvalue weighted by molar-refractivity contribution is -0.113. The Morgan fingerprint density at radius 3 is 1.95 bits per heavy atom. The van der Waals surface area contributed by atoms with E-state index in [9.17, 15) is 15.0 Å². The average Bonchev–Trinajstić information content (AvgIpc) is 2.42. The molecule has 20 heavy (non-hydrogen) atoms. The Bertz CT molecular complexity index is 622. The number of allylic oxidation sites excluding steroid dienone is 1. The predicted molar refractivity (Wildman–Crippen MR) is 78.6 cm³/mol. The third-order valence-corrected chi connectivity index (χ3v) is 3.02. The molecule has 0 radical (unpaired) electrons. The average molecular weight is 268 g/mol. The molecule has 0 heterocycles. The lowest BCUT2D eigenvalue weighted by Crippen LogP contribution is -2.00. The van der Waals surface area contributed by atoms with Crippen molar-refractivity contribution in [3.8, 4) is 11.5 Å². The topological polar surface area (TPSA) is 57.5 Å². The molecule has 0 atom stereocenters. The summed E-state index contributed by atoms with van der Waals surface area (Å²) in [5.41, 5.74) is 2.51. The number of phenolic OH excluding ortho intramolecular Hbond substituents is 2. The van der Waals surface area contributed by atoms with Gasteiger partial charge in [-0.25, -0.2) is 0 Å². The summed E-state index contributed by atoms with van der Waals surface area (Å²) in [6, 6.07) is 13.5. The van der Waals surface area contributed by atoms with Gasteiger partial charge in [-0.3, -0.25) is 4.79 Å². The quantitative estimate of drug-likeness (QED) is 0.836. The second-order valence-corrected chi connectivity index (χ2v) is 4.66. The highest BCUT2D eigenvalue weighted by Crippen LogP contribution is 2.18. The van der Waals surface area contributed by atoms with Gasteiger partial charge in [-0.15, -0.1) is 0 Å². The first kappa shape index (κ1) is 13.9. The van der Waals surface area contributed by atoms with E-state index >= 15 is 0 Å². The number of phenols is 2. The van der Waals surface area contributed by atoms with Crippen LogP contribution in [0.3, 0.4) is 0 Å². The first-order chi connectivity index (χ1) is 9.54. The Morgan fingerprint density at radius 2 is 1.45 bits per heavy atom. The highest BCUT2D eigenvalue weighted by atomic mass is 16.3. The number of carbonyl (C=O) groups is 1. The van der Waals surface area contributed by atoms with Gasteiger partial charge < -0.3 is 10.2 Å². The second kappa shape index (κ2) is 6.06. The summed E-state index contributed by atoms with van der Waals surface area (Å²) in [4.78, 5) is 11.7. The molecule has 0 saturated carbocycles. The van der Waals surface area contributed by atoms with Crippen LogP contribution in [0.15, 0.2) is 54.1 Å². The van der Waals surface area contributed by atoms with Crippen LogP contribution in [0.1, 0.15) is 18.1 Å². The molecule has 0 spiro atoms. The first-order valence-corrected chi connectivity index (χ1v) is 6.33. The third-order valence-electron chi connectivity index (χ3n) is 3.02. The van der Waals surface area contributed by atoms with Crippen molar-refractivity contribution in [2.45, 2.75) is 13.3 Å². The van der Waals surface area contributed by atoms with Crippen LogP contribution >= 0.6 is 0 Å². The van der Waals surface area contributed by atoms with E-state index in [4.69, 9.17) is 0 Å².